The minimum Gasteiger partial charge on any atom is -0.497 e. The van der Waals surface area contributed by atoms with E-state index in [0.29, 0.717) is 31.7 Å². The summed E-state index contributed by atoms with van der Waals surface area (Å²) < 4.78 is 33.0. The molecular weight excluding hydrogens is 440 g/mol. The second kappa shape index (κ2) is 9.50. The van der Waals surface area contributed by atoms with Gasteiger partial charge in [-0.15, -0.1) is 0 Å². The molecule has 1 aliphatic heterocycles. The van der Waals surface area contributed by atoms with E-state index in [2.05, 4.69) is 14.6 Å². The molecule has 0 atom stereocenters. The topological polar surface area (TPSA) is 91.8 Å². The molecule has 8 nitrogen and oxygen atoms in total. The van der Waals surface area contributed by atoms with Crippen LogP contribution in [0.2, 0.25) is 0 Å². The van der Waals surface area contributed by atoms with Gasteiger partial charge in [-0.25, -0.2) is 8.42 Å². The minimum atomic E-state index is -3.77. The Morgan fingerprint density at radius 1 is 0.970 bits per heavy atom. The molecule has 4 rings (SSSR count). The molecule has 1 saturated heterocycles. The van der Waals surface area contributed by atoms with Crippen molar-refractivity contribution in [1.29, 1.82) is 0 Å². The molecular formula is C24H26N4O4S. The number of nitrogens with zero attached hydrogens (tertiary/aromatic N) is 3. The lowest BCUT2D eigenvalue weighted by atomic mass is 10.2. The average molecular weight is 467 g/mol. The molecule has 0 radical (unpaired) electrons. The lowest BCUT2D eigenvalue weighted by molar-refractivity contribution is 0.0746. The molecule has 1 amide bonds. The maximum Gasteiger partial charge on any atom is 0.261 e. The van der Waals surface area contributed by atoms with E-state index in [4.69, 9.17) is 4.74 Å². The van der Waals surface area contributed by atoms with Crippen LogP contribution in [-0.2, 0) is 10.0 Å². The molecule has 0 unspecified atom stereocenters. The van der Waals surface area contributed by atoms with E-state index in [1.807, 2.05) is 31.2 Å². The van der Waals surface area contributed by atoms with E-state index in [1.54, 1.807) is 36.3 Å². The Hall–Kier alpha value is -3.59. The summed E-state index contributed by atoms with van der Waals surface area (Å²) >= 11 is 0. The Kier molecular flexibility index (Phi) is 6.50. The normalized spacial score (nSPS) is 14.1. The molecule has 1 N–H and O–H groups in total. The Bertz CT molecular complexity index is 1220. The zero-order valence-corrected chi connectivity index (χ0v) is 19.4. The maximum atomic E-state index is 13.0. The van der Waals surface area contributed by atoms with Gasteiger partial charge in [0.1, 0.15) is 5.75 Å². The standard InChI is InChI=1S/C24H26N4O4S/c1-18-3-9-23(10-4-18)33(30,31)26-20-15-19(16-25-17-20)24(29)28-13-11-27(12-14-28)21-5-7-22(32-2)8-6-21/h3-10,15-17,26H,11-14H2,1-2H3. The Labute approximate surface area is 193 Å². The van der Waals surface area contributed by atoms with E-state index in [0.717, 1.165) is 17.0 Å². The van der Waals surface area contributed by atoms with Crippen molar-refractivity contribution in [2.24, 2.45) is 0 Å². The van der Waals surface area contributed by atoms with Gasteiger partial charge in [-0.05, 0) is 49.4 Å². The highest BCUT2D eigenvalue weighted by molar-refractivity contribution is 7.92. The molecule has 1 aromatic heterocycles. The fourth-order valence-corrected chi connectivity index (χ4v) is 4.72. The first-order chi connectivity index (χ1) is 15.9. The summed E-state index contributed by atoms with van der Waals surface area (Å²) in [5.41, 5.74) is 2.64. The molecule has 9 heteroatoms. The second-order valence-electron chi connectivity index (χ2n) is 7.86. The van der Waals surface area contributed by atoms with Crippen molar-refractivity contribution in [2.45, 2.75) is 11.8 Å². The average Bonchev–Trinajstić information content (AvgIpc) is 2.84. The van der Waals surface area contributed by atoms with Gasteiger partial charge in [0.25, 0.3) is 15.9 Å². The molecule has 3 aromatic rings. The number of aryl methyl sites for hydroxylation is 1. The number of aromatic nitrogens is 1. The van der Waals surface area contributed by atoms with Crippen LogP contribution >= 0.6 is 0 Å². The highest BCUT2D eigenvalue weighted by Crippen LogP contribution is 2.22. The first kappa shape index (κ1) is 22.6. The number of carbonyl (C=O) groups is 1. The van der Waals surface area contributed by atoms with Crippen LogP contribution in [0.25, 0.3) is 0 Å². The van der Waals surface area contributed by atoms with Crippen LogP contribution in [0.5, 0.6) is 5.75 Å². The lowest BCUT2D eigenvalue weighted by Gasteiger charge is -2.36. The molecule has 2 heterocycles. The Morgan fingerprint density at radius 3 is 2.27 bits per heavy atom. The first-order valence-corrected chi connectivity index (χ1v) is 12.1. The monoisotopic (exact) mass is 466 g/mol. The molecule has 0 bridgehead atoms. The molecule has 1 aliphatic rings. The van der Waals surface area contributed by atoms with Gasteiger partial charge in [0.2, 0.25) is 0 Å². The van der Waals surface area contributed by atoms with Gasteiger partial charge in [-0.2, -0.15) is 0 Å². The van der Waals surface area contributed by atoms with Crippen molar-refractivity contribution in [3.05, 3.63) is 78.1 Å². The van der Waals surface area contributed by atoms with Crippen molar-refractivity contribution in [3.8, 4) is 5.75 Å². The van der Waals surface area contributed by atoms with Crippen LogP contribution in [-0.4, -0.2) is 57.5 Å². The van der Waals surface area contributed by atoms with Crippen LogP contribution in [0.1, 0.15) is 15.9 Å². The number of benzene rings is 2. The minimum absolute atomic E-state index is 0.152. The number of hydrogen-bond donors (Lipinski definition) is 1. The zero-order valence-electron chi connectivity index (χ0n) is 18.6. The predicted molar refractivity (Wildman–Crippen MR) is 127 cm³/mol. The SMILES string of the molecule is COc1ccc(N2CCN(C(=O)c3cncc(NS(=O)(=O)c4ccc(C)cc4)c3)CC2)cc1. The number of hydrogen-bond acceptors (Lipinski definition) is 6. The third-order valence-electron chi connectivity index (χ3n) is 5.57. The van der Waals surface area contributed by atoms with Crippen molar-refractivity contribution >= 4 is 27.3 Å². The summed E-state index contributed by atoms with van der Waals surface area (Å²) in [4.78, 5) is 21.2. The van der Waals surface area contributed by atoms with Gasteiger partial charge < -0.3 is 14.5 Å². The summed E-state index contributed by atoms with van der Waals surface area (Å²) in [5, 5.41) is 0. The molecule has 33 heavy (non-hydrogen) atoms. The predicted octanol–water partition coefficient (Wildman–Crippen LogP) is 3.16. The van der Waals surface area contributed by atoms with E-state index >= 15 is 0 Å². The highest BCUT2D eigenvalue weighted by atomic mass is 32.2. The first-order valence-electron chi connectivity index (χ1n) is 10.6. The maximum absolute atomic E-state index is 13.0. The lowest BCUT2D eigenvalue weighted by Crippen LogP contribution is -2.48. The number of ether oxygens (including phenoxy) is 1. The van der Waals surface area contributed by atoms with Crippen molar-refractivity contribution in [1.82, 2.24) is 9.88 Å². The molecule has 172 valence electrons. The van der Waals surface area contributed by atoms with Gasteiger partial charge in [-0.3, -0.25) is 14.5 Å². The molecule has 0 saturated carbocycles. The van der Waals surface area contributed by atoms with Gasteiger partial charge in [-0.1, -0.05) is 17.7 Å². The highest BCUT2D eigenvalue weighted by Gasteiger charge is 2.23. The molecule has 0 spiro atoms. The van der Waals surface area contributed by atoms with Crippen molar-refractivity contribution in [2.75, 3.05) is 42.9 Å². The molecule has 2 aromatic carbocycles. The van der Waals surface area contributed by atoms with Gasteiger partial charge in [0, 0.05) is 38.1 Å². The molecule has 1 fully saturated rings. The fraction of sp³-hybridized carbons (Fsp3) is 0.250. The number of pyridine rings is 1. The summed E-state index contributed by atoms with van der Waals surface area (Å²) in [7, 11) is -2.14. The third-order valence-corrected chi connectivity index (χ3v) is 6.97. The summed E-state index contributed by atoms with van der Waals surface area (Å²) in [6, 6.07) is 15.9. The Morgan fingerprint density at radius 2 is 1.64 bits per heavy atom. The number of amides is 1. The van der Waals surface area contributed by atoms with Gasteiger partial charge >= 0.3 is 0 Å². The van der Waals surface area contributed by atoms with Crippen molar-refractivity contribution in [3.63, 3.8) is 0 Å². The van der Waals surface area contributed by atoms with E-state index in [-0.39, 0.29) is 16.5 Å². The number of piperazine rings is 1. The number of anilines is 2. The summed E-state index contributed by atoms with van der Waals surface area (Å²) in [6.45, 7) is 4.41. The third kappa shape index (κ3) is 5.25. The van der Waals surface area contributed by atoms with Crippen molar-refractivity contribution < 1.29 is 17.9 Å². The fourth-order valence-electron chi connectivity index (χ4n) is 3.69. The Balaban J connectivity index is 1.41. The number of nitrogens with one attached hydrogen (secondary N) is 1. The van der Waals surface area contributed by atoms with E-state index < -0.39 is 10.0 Å². The van der Waals surface area contributed by atoms with E-state index in [1.165, 1.54) is 18.5 Å². The number of rotatable bonds is 6. The number of carbonyl (C=O) groups excluding carboxylic acids is 1. The van der Waals surface area contributed by atoms with Crippen LogP contribution in [0.3, 0.4) is 0 Å². The molecule has 0 aliphatic carbocycles. The van der Waals surface area contributed by atoms with Crippen LogP contribution in [0, 0.1) is 6.92 Å². The van der Waals surface area contributed by atoms with Crippen LogP contribution in [0.4, 0.5) is 11.4 Å². The van der Waals surface area contributed by atoms with Crippen LogP contribution < -0.4 is 14.4 Å². The zero-order chi connectivity index (χ0) is 23.4. The smallest absolute Gasteiger partial charge is 0.261 e. The quantitative estimate of drug-likeness (QED) is 0.600. The second-order valence-corrected chi connectivity index (χ2v) is 9.54. The van der Waals surface area contributed by atoms with E-state index in [9.17, 15) is 13.2 Å². The number of sulfonamides is 1. The number of methoxy groups -OCH3 is 1. The summed E-state index contributed by atoms with van der Waals surface area (Å²) in [5.74, 6) is 0.631. The van der Waals surface area contributed by atoms with Gasteiger partial charge in [0.05, 0.1) is 29.5 Å². The van der Waals surface area contributed by atoms with Crippen LogP contribution in [0.15, 0.2) is 71.9 Å². The largest absolute Gasteiger partial charge is 0.497 e. The summed E-state index contributed by atoms with van der Waals surface area (Å²) in [6.07, 6.45) is 2.85. The van der Waals surface area contributed by atoms with Gasteiger partial charge in [0.15, 0.2) is 0 Å².